The van der Waals surface area contributed by atoms with Crippen molar-refractivity contribution in [1.82, 2.24) is 20.8 Å². The van der Waals surface area contributed by atoms with Crippen molar-refractivity contribution in [3.05, 3.63) is 48.2 Å². The second-order valence-electron chi connectivity index (χ2n) is 5.50. The molecule has 0 spiro atoms. The zero-order valence-corrected chi connectivity index (χ0v) is 12.6. The van der Waals surface area contributed by atoms with Crippen molar-refractivity contribution in [2.45, 2.75) is 12.5 Å². The van der Waals surface area contributed by atoms with Crippen molar-refractivity contribution in [1.29, 1.82) is 0 Å². The molecular weight excluding hydrogens is 294 g/mol. The number of anilines is 1. The highest BCUT2D eigenvalue weighted by Crippen LogP contribution is 2.17. The molecule has 23 heavy (non-hydrogen) atoms. The molecule has 0 radical (unpaired) electrons. The van der Waals surface area contributed by atoms with Crippen molar-refractivity contribution in [2.24, 2.45) is 5.92 Å². The number of hydrogen-bond acceptors (Lipinski definition) is 4. The van der Waals surface area contributed by atoms with E-state index in [-0.39, 0.29) is 17.7 Å². The fourth-order valence-electron chi connectivity index (χ4n) is 2.61. The Morgan fingerprint density at radius 3 is 2.70 bits per heavy atom. The molecule has 4 N–H and O–H groups in total. The van der Waals surface area contributed by atoms with Crippen molar-refractivity contribution < 1.29 is 9.59 Å². The first-order valence-electron chi connectivity index (χ1n) is 7.60. The predicted molar refractivity (Wildman–Crippen MR) is 85.5 cm³/mol. The molecule has 1 aliphatic rings. The lowest BCUT2D eigenvalue weighted by atomic mass is 10.0. The van der Waals surface area contributed by atoms with Crippen molar-refractivity contribution in [2.75, 3.05) is 18.4 Å². The van der Waals surface area contributed by atoms with Gasteiger partial charge in [-0.3, -0.25) is 14.7 Å². The van der Waals surface area contributed by atoms with E-state index in [1.807, 2.05) is 30.3 Å². The van der Waals surface area contributed by atoms with Gasteiger partial charge in [-0.05, 0) is 18.5 Å². The summed E-state index contributed by atoms with van der Waals surface area (Å²) < 4.78 is 0. The van der Waals surface area contributed by atoms with Crippen LogP contribution in [0.3, 0.4) is 0 Å². The average Bonchev–Trinajstić information content (AvgIpc) is 3.26. The van der Waals surface area contributed by atoms with Crippen molar-refractivity contribution >= 4 is 17.6 Å². The van der Waals surface area contributed by atoms with Gasteiger partial charge in [-0.1, -0.05) is 30.3 Å². The third kappa shape index (κ3) is 3.75. The van der Waals surface area contributed by atoms with Gasteiger partial charge in [-0.15, -0.1) is 0 Å². The van der Waals surface area contributed by atoms with Crippen LogP contribution in [-0.4, -0.2) is 35.1 Å². The highest BCUT2D eigenvalue weighted by molar-refractivity contribution is 5.97. The summed E-state index contributed by atoms with van der Waals surface area (Å²) in [4.78, 5) is 25.0. The standard InChI is InChI=1S/C16H19N5O2/c22-15(12-6-8-17-10-12)20-14(11-4-2-1-3-5-11)16(23)19-13-7-9-18-21-13/h1-5,7,9,12,14,17H,6,8,10H2,(H,20,22)(H2,18,19,21,23). The number of hydrogen-bond donors (Lipinski definition) is 4. The van der Waals surface area contributed by atoms with Gasteiger partial charge in [0.15, 0.2) is 0 Å². The highest BCUT2D eigenvalue weighted by atomic mass is 16.2. The summed E-state index contributed by atoms with van der Waals surface area (Å²) in [5, 5.41) is 15.2. The molecule has 0 aliphatic carbocycles. The summed E-state index contributed by atoms with van der Waals surface area (Å²) in [5.74, 6) is -0.0164. The van der Waals surface area contributed by atoms with E-state index in [0.717, 1.165) is 18.5 Å². The van der Waals surface area contributed by atoms with Crippen LogP contribution in [0, 0.1) is 5.92 Å². The second kappa shape index (κ2) is 7.06. The maximum Gasteiger partial charge on any atom is 0.252 e. The average molecular weight is 313 g/mol. The molecule has 2 unspecified atom stereocenters. The minimum absolute atomic E-state index is 0.0961. The van der Waals surface area contributed by atoms with Gasteiger partial charge < -0.3 is 16.0 Å². The van der Waals surface area contributed by atoms with Gasteiger partial charge >= 0.3 is 0 Å². The van der Waals surface area contributed by atoms with Gasteiger partial charge in [0.1, 0.15) is 11.9 Å². The van der Waals surface area contributed by atoms with Crippen LogP contribution in [0.1, 0.15) is 18.0 Å². The number of H-pyrrole nitrogens is 1. The quantitative estimate of drug-likeness (QED) is 0.656. The number of nitrogens with zero attached hydrogens (tertiary/aromatic N) is 1. The normalized spacial score (nSPS) is 18.3. The van der Waals surface area contributed by atoms with Crippen LogP contribution < -0.4 is 16.0 Å². The van der Waals surface area contributed by atoms with E-state index < -0.39 is 6.04 Å². The molecule has 1 saturated heterocycles. The van der Waals surface area contributed by atoms with E-state index in [9.17, 15) is 9.59 Å². The molecule has 2 aromatic rings. The molecule has 7 nitrogen and oxygen atoms in total. The SMILES string of the molecule is O=C(NC(C(=O)Nc1ccn[nH]1)c1ccccc1)C1CCNC1. The molecule has 120 valence electrons. The van der Waals surface area contributed by atoms with E-state index in [4.69, 9.17) is 0 Å². The van der Waals surface area contributed by atoms with E-state index in [1.165, 1.54) is 0 Å². The minimum Gasteiger partial charge on any atom is -0.340 e. The minimum atomic E-state index is -0.743. The maximum absolute atomic E-state index is 12.6. The Labute approximate surface area is 133 Å². The van der Waals surface area contributed by atoms with Gasteiger partial charge in [-0.25, -0.2) is 0 Å². The molecule has 7 heteroatoms. The Morgan fingerprint density at radius 1 is 1.22 bits per heavy atom. The number of rotatable bonds is 5. The number of aromatic amines is 1. The molecule has 0 saturated carbocycles. The van der Waals surface area contributed by atoms with Crippen LogP contribution in [-0.2, 0) is 9.59 Å². The van der Waals surface area contributed by atoms with E-state index >= 15 is 0 Å². The fraction of sp³-hybridized carbons (Fsp3) is 0.312. The van der Waals surface area contributed by atoms with Crippen LogP contribution in [0.4, 0.5) is 5.82 Å². The summed E-state index contributed by atoms with van der Waals surface area (Å²) in [5.41, 5.74) is 0.740. The van der Waals surface area contributed by atoms with Gasteiger partial charge in [0, 0.05) is 12.6 Å². The lowest BCUT2D eigenvalue weighted by Gasteiger charge is -2.20. The van der Waals surface area contributed by atoms with Gasteiger partial charge in [0.2, 0.25) is 5.91 Å². The molecule has 1 aliphatic heterocycles. The van der Waals surface area contributed by atoms with E-state index in [0.29, 0.717) is 12.4 Å². The third-order valence-electron chi connectivity index (χ3n) is 3.87. The lowest BCUT2D eigenvalue weighted by Crippen LogP contribution is -2.40. The number of carbonyl (C=O) groups is 2. The zero-order chi connectivity index (χ0) is 16.1. The Bertz CT molecular complexity index is 650. The molecule has 3 rings (SSSR count). The molecule has 1 fully saturated rings. The monoisotopic (exact) mass is 313 g/mol. The topological polar surface area (TPSA) is 98.9 Å². The molecule has 1 aromatic heterocycles. The smallest absolute Gasteiger partial charge is 0.252 e. The van der Waals surface area contributed by atoms with Crippen LogP contribution in [0.2, 0.25) is 0 Å². The Hall–Kier alpha value is -2.67. The van der Waals surface area contributed by atoms with Crippen LogP contribution >= 0.6 is 0 Å². The first-order valence-corrected chi connectivity index (χ1v) is 7.60. The summed E-state index contributed by atoms with van der Waals surface area (Å²) in [6.07, 6.45) is 2.34. The molecule has 1 aromatic carbocycles. The number of aromatic nitrogens is 2. The molecular formula is C16H19N5O2. The molecule has 2 heterocycles. The first-order chi connectivity index (χ1) is 11.2. The summed E-state index contributed by atoms with van der Waals surface area (Å²) in [6, 6.07) is 10.1. The van der Waals surface area contributed by atoms with Crippen LogP contribution in [0.25, 0.3) is 0 Å². The molecule has 2 amide bonds. The Morgan fingerprint density at radius 2 is 2.04 bits per heavy atom. The number of carbonyl (C=O) groups excluding carboxylic acids is 2. The number of benzene rings is 1. The number of amides is 2. The van der Waals surface area contributed by atoms with E-state index in [1.54, 1.807) is 12.3 Å². The highest BCUT2D eigenvalue weighted by Gasteiger charge is 2.28. The predicted octanol–water partition coefficient (Wildman–Crippen LogP) is 0.815. The van der Waals surface area contributed by atoms with Crippen LogP contribution in [0.15, 0.2) is 42.6 Å². The largest absolute Gasteiger partial charge is 0.340 e. The number of nitrogens with one attached hydrogen (secondary N) is 4. The van der Waals surface area contributed by atoms with Crippen LogP contribution in [0.5, 0.6) is 0 Å². The third-order valence-corrected chi connectivity index (χ3v) is 3.87. The van der Waals surface area contributed by atoms with Gasteiger partial charge in [0.05, 0.1) is 12.1 Å². The summed E-state index contributed by atoms with van der Waals surface area (Å²) in [6.45, 7) is 1.48. The van der Waals surface area contributed by atoms with Gasteiger partial charge in [0.25, 0.3) is 5.91 Å². The molecule has 0 bridgehead atoms. The fourth-order valence-corrected chi connectivity index (χ4v) is 2.61. The van der Waals surface area contributed by atoms with E-state index in [2.05, 4.69) is 26.1 Å². The van der Waals surface area contributed by atoms with Crippen molar-refractivity contribution in [3.63, 3.8) is 0 Å². The summed E-state index contributed by atoms with van der Waals surface area (Å²) in [7, 11) is 0. The summed E-state index contributed by atoms with van der Waals surface area (Å²) >= 11 is 0. The first kappa shape index (κ1) is 15.2. The maximum atomic E-state index is 12.6. The second-order valence-corrected chi connectivity index (χ2v) is 5.50. The van der Waals surface area contributed by atoms with Gasteiger partial charge in [-0.2, -0.15) is 5.10 Å². The Balaban J connectivity index is 1.76. The zero-order valence-electron chi connectivity index (χ0n) is 12.6. The molecule has 2 atom stereocenters. The Kier molecular flexibility index (Phi) is 4.68. The van der Waals surface area contributed by atoms with Crippen molar-refractivity contribution in [3.8, 4) is 0 Å². The lowest BCUT2D eigenvalue weighted by molar-refractivity contribution is -0.129.